The lowest BCUT2D eigenvalue weighted by Crippen LogP contribution is -2.34. The zero-order valence-corrected chi connectivity index (χ0v) is 10.7. The fourth-order valence-corrected chi connectivity index (χ4v) is 1.92. The van der Waals surface area contributed by atoms with Crippen molar-refractivity contribution in [2.45, 2.75) is 39.7 Å². The minimum absolute atomic E-state index is 0.221. The summed E-state index contributed by atoms with van der Waals surface area (Å²) >= 11 is 0. The number of rotatable bonds is 3. The second-order valence-corrected chi connectivity index (χ2v) is 5.04. The van der Waals surface area contributed by atoms with Gasteiger partial charge in [-0.05, 0) is 45.2 Å². The third kappa shape index (κ3) is 2.67. The number of phenols is 1. The molecule has 0 saturated carbocycles. The molecule has 0 aromatic heterocycles. The third-order valence-electron chi connectivity index (χ3n) is 2.60. The standard InChI is InChI=1S/C13H21NO2/c1-8-6-9(2)12(16-5)11(15)10(8)7-13(3,4)14/h6,15H,7,14H2,1-5H3. The van der Waals surface area contributed by atoms with E-state index >= 15 is 0 Å². The number of nitrogens with two attached hydrogens (primary N) is 1. The van der Waals surface area contributed by atoms with Crippen LogP contribution < -0.4 is 10.5 Å². The molecule has 0 spiro atoms. The number of aryl methyl sites for hydroxylation is 2. The molecule has 0 radical (unpaired) electrons. The van der Waals surface area contributed by atoms with Crippen molar-refractivity contribution in [2.75, 3.05) is 7.11 Å². The maximum atomic E-state index is 10.1. The molecule has 0 amide bonds. The molecule has 0 heterocycles. The van der Waals surface area contributed by atoms with E-state index < -0.39 is 0 Å². The number of hydrogen-bond donors (Lipinski definition) is 2. The van der Waals surface area contributed by atoms with Crippen molar-refractivity contribution in [1.29, 1.82) is 0 Å². The predicted molar refractivity (Wildman–Crippen MR) is 66.1 cm³/mol. The second kappa shape index (κ2) is 4.34. The summed E-state index contributed by atoms with van der Waals surface area (Å²) in [6, 6.07) is 2.01. The summed E-state index contributed by atoms with van der Waals surface area (Å²) in [6.45, 7) is 7.78. The molecule has 0 fully saturated rings. The molecule has 1 rings (SSSR count). The van der Waals surface area contributed by atoms with Gasteiger partial charge in [0.2, 0.25) is 0 Å². The number of phenolic OH excluding ortho intramolecular Hbond substituents is 1. The van der Waals surface area contributed by atoms with E-state index in [1.807, 2.05) is 33.8 Å². The number of methoxy groups -OCH3 is 1. The van der Waals surface area contributed by atoms with Crippen LogP contribution in [0.15, 0.2) is 6.07 Å². The van der Waals surface area contributed by atoms with Crippen molar-refractivity contribution < 1.29 is 9.84 Å². The first-order valence-electron chi connectivity index (χ1n) is 5.41. The van der Waals surface area contributed by atoms with Gasteiger partial charge < -0.3 is 15.6 Å². The van der Waals surface area contributed by atoms with Gasteiger partial charge in [0.15, 0.2) is 11.5 Å². The first-order chi connectivity index (χ1) is 7.26. The summed E-state index contributed by atoms with van der Waals surface area (Å²) in [5.41, 5.74) is 8.50. The molecule has 0 unspecified atom stereocenters. The number of aromatic hydroxyl groups is 1. The lowest BCUT2D eigenvalue weighted by molar-refractivity contribution is 0.364. The highest BCUT2D eigenvalue weighted by Crippen LogP contribution is 2.36. The third-order valence-corrected chi connectivity index (χ3v) is 2.60. The molecule has 0 aliphatic heterocycles. The molecule has 90 valence electrons. The molecule has 3 heteroatoms. The van der Waals surface area contributed by atoms with Crippen molar-refractivity contribution >= 4 is 0 Å². The average molecular weight is 223 g/mol. The first kappa shape index (κ1) is 12.8. The minimum atomic E-state index is -0.345. The van der Waals surface area contributed by atoms with Crippen molar-refractivity contribution in [2.24, 2.45) is 5.73 Å². The van der Waals surface area contributed by atoms with Crippen LogP contribution in [-0.2, 0) is 6.42 Å². The van der Waals surface area contributed by atoms with Gasteiger partial charge in [0, 0.05) is 11.1 Å². The van der Waals surface area contributed by atoms with Crippen LogP contribution in [0.2, 0.25) is 0 Å². The maximum absolute atomic E-state index is 10.1. The maximum Gasteiger partial charge on any atom is 0.163 e. The summed E-state index contributed by atoms with van der Waals surface area (Å²) in [5, 5.41) is 10.1. The SMILES string of the molecule is COc1c(C)cc(C)c(CC(C)(C)N)c1O. The first-order valence-corrected chi connectivity index (χ1v) is 5.41. The summed E-state index contributed by atoms with van der Waals surface area (Å²) in [7, 11) is 1.56. The summed E-state index contributed by atoms with van der Waals surface area (Å²) in [6.07, 6.45) is 0.626. The molecule has 0 atom stereocenters. The smallest absolute Gasteiger partial charge is 0.163 e. The molecular weight excluding hydrogens is 202 g/mol. The van der Waals surface area contributed by atoms with Crippen LogP contribution in [0, 0.1) is 13.8 Å². The molecule has 3 N–H and O–H groups in total. The Labute approximate surface area is 97.2 Å². The van der Waals surface area contributed by atoms with Crippen molar-refractivity contribution in [3.8, 4) is 11.5 Å². The van der Waals surface area contributed by atoms with E-state index in [1.54, 1.807) is 7.11 Å². The molecule has 0 saturated heterocycles. The van der Waals surface area contributed by atoms with E-state index in [0.29, 0.717) is 12.2 Å². The summed E-state index contributed by atoms with van der Waals surface area (Å²) < 4.78 is 5.20. The second-order valence-electron chi connectivity index (χ2n) is 5.04. The highest BCUT2D eigenvalue weighted by atomic mass is 16.5. The van der Waals surface area contributed by atoms with Crippen LogP contribution in [0.25, 0.3) is 0 Å². The monoisotopic (exact) mass is 223 g/mol. The van der Waals surface area contributed by atoms with Crippen LogP contribution in [0.3, 0.4) is 0 Å². The van der Waals surface area contributed by atoms with E-state index in [-0.39, 0.29) is 11.3 Å². The molecule has 1 aromatic rings. The van der Waals surface area contributed by atoms with E-state index in [1.165, 1.54) is 0 Å². The topological polar surface area (TPSA) is 55.5 Å². The fraction of sp³-hybridized carbons (Fsp3) is 0.538. The van der Waals surface area contributed by atoms with Crippen molar-refractivity contribution in [3.05, 3.63) is 22.8 Å². The van der Waals surface area contributed by atoms with Crippen LogP contribution >= 0.6 is 0 Å². The predicted octanol–water partition coefficient (Wildman–Crippen LogP) is 2.30. The van der Waals surface area contributed by atoms with Crippen molar-refractivity contribution in [1.82, 2.24) is 0 Å². The van der Waals surface area contributed by atoms with Gasteiger partial charge in [-0.1, -0.05) is 6.07 Å². The van der Waals surface area contributed by atoms with Gasteiger partial charge >= 0.3 is 0 Å². The van der Waals surface area contributed by atoms with E-state index in [4.69, 9.17) is 10.5 Å². The van der Waals surface area contributed by atoms with Gasteiger partial charge in [0.25, 0.3) is 0 Å². The van der Waals surface area contributed by atoms with Crippen LogP contribution in [-0.4, -0.2) is 17.8 Å². The number of benzene rings is 1. The lowest BCUT2D eigenvalue weighted by atomic mass is 9.91. The Bertz CT molecular complexity index is 392. The summed E-state index contributed by atoms with van der Waals surface area (Å²) in [5.74, 6) is 0.767. The Kier molecular flexibility index (Phi) is 3.48. The highest BCUT2D eigenvalue weighted by molar-refractivity contribution is 5.54. The molecule has 0 aliphatic carbocycles. The van der Waals surface area contributed by atoms with E-state index in [2.05, 4.69) is 0 Å². The van der Waals surface area contributed by atoms with E-state index in [0.717, 1.165) is 16.7 Å². The Hall–Kier alpha value is -1.22. The largest absolute Gasteiger partial charge is 0.504 e. The fourth-order valence-electron chi connectivity index (χ4n) is 1.92. The normalized spacial score (nSPS) is 11.6. The Morgan fingerprint density at radius 2 is 1.88 bits per heavy atom. The number of ether oxygens (including phenoxy) is 1. The van der Waals surface area contributed by atoms with Crippen LogP contribution in [0.5, 0.6) is 11.5 Å². The lowest BCUT2D eigenvalue weighted by Gasteiger charge is -2.22. The highest BCUT2D eigenvalue weighted by Gasteiger charge is 2.20. The zero-order valence-electron chi connectivity index (χ0n) is 10.7. The molecule has 0 bridgehead atoms. The quantitative estimate of drug-likeness (QED) is 0.826. The Balaban J connectivity index is 3.28. The molecule has 16 heavy (non-hydrogen) atoms. The Morgan fingerprint density at radius 3 is 2.31 bits per heavy atom. The molecule has 3 nitrogen and oxygen atoms in total. The van der Waals surface area contributed by atoms with Crippen LogP contribution in [0.4, 0.5) is 0 Å². The van der Waals surface area contributed by atoms with Gasteiger partial charge in [0.05, 0.1) is 7.11 Å². The van der Waals surface area contributed by atoms with E-state index in [9.17, 15) is 5.11 Å². The van der Waals surface area contributed by atoms with Gasteiger partial charge in [0.1, 0.15) is 0 Å². The van der Waals surface area contributed by atoms with Gasteiger partial charge in [-0.25, -0.2) is 0 Å². The molecule has 0 aliphatic rings. The van der Waals surface area contributed by atoms with Crippen LogP contribution in [0.1, 0.15) is 30.5 Å². The van der Waals surface area contributed by atoms with Crippen molar-refractivity contribution in [3.63, 3.8) is 0 Å². The van der Waals surface area contributed by atoms with Gasteiger partial charge in [-0.15, -0.1) is 0 Å². The summed E-state index contributed by atoms with van der Waals surface area (Å²) in [4.78, 5) is 0. The molecule has 1 aromatic carbocycles. The zero-order chi connectivity index (χ0) is 12.5. The number of hydrogen-bond acceptors (Lipinski definition) is 3. The van der Waals surface area contributed by atoms with Gasteiger partial charge in [-0.3, -0.25) is 0 Å². The van der Waals surface area contributed by atoms with Gasteiger partial charge in [-0.2, -0.15) is 0 Å². The Morgan fingerprint density at radius 1 is 1.31 bits per heavy atom. The molecular formula is C13H21NO2. The average Bonchev–Trinajstić information content (AvgIpc) is 2.11. The minimum Gasteiger partial charge on any atom is -0.504 e.